The van der Waals surface area contributed by atoms with Gasteiger partial charge in [-0.05, 0) is 72.5 Å². The van der Waals surface area contributed by atoms with Crippen molar-refractivity contribution >= 4 is 28.5 Å². The summed E-state index contributed by atoms with van der Waals surface area (Å²) >= 11 is 0. The normalized spacial score (nSPS) is 17.8. The van der Waals surface area contributed by atoms with Crippen molar-refractivity contribution in [2.75, 3.05) is 38.7 Å². The first-order chi connectivity index (χ1) is 20.3. The molecule has 0 unspecified atom stereocenters. The monoisotopic (exact) mass is 571 g/mol. The molecule has 0 bridgehead atoms. The van der Waals surface area contributed by atoms with Gasteiger partial charge in [-0.2, -0.15) is 0 Å². The lowest BCUT2D eigenvalue weighted by atomic mass is 9.68. The Bertz CT molecular complexity index is 1610. The van der Waals surface area contributed by atoms with Crippen LogP contribution in [0.1, 0.15) is 35.7 Å². The molecule has 2 N–H and O–H groups in total. The molecule has 0 saturated carbocycles. The number of carbonyl (C=O) groups is 2. The Kier molecular flexibility index (Phi) is 7.32. The highest BCUT2D eigenvalue weighted by molar-refractivity contribution is 5.92. The van der Waals surface area contributed by atoms with E-state index >= 15 is 0 Å². The molecule has 3 amide bonds. The zero-order chi connectivity index (χ0) is 29.4. The van der Waals surface area contributed by atoms with Crippen LogP contribution < -0.4 is 10.1 Å². The number of likely N-dealkylation sites (tertiary alicyclic amines) is 1. The minimum absolute atomic E-state index is 0.0638. The number of benzene rings is 2. The maximum atomic E-state index is 13.8. The number of carbonyl (C=O) groups excluding carboxylic acids is 2. The Balaban J connectivity index is 1.37. The highest BCUT2D eigenvalue weighted by Crippen LogP contribution is 2.50. The first-order valence-corrected chi connectivity index (χ1v) is 14.1. The van der Waals surface area contributed by atoms with E-state index in [0.717, 1.165) is 33.5 Å². The molecule has 0 radical (unpaired) electrons. The third-order valence-corrected chi connectivity index (χ3v) is 8.86. The van der Waals surface area contributed by atoms with Crippen LogP contribution in [0, 0.1) is 5.82 Å². The molecular weight excluding hydrogens is 537 g/mol. The number of aromatic nitrogens is 2. The average molecular weight is 572 g/mol. The van der Waals surface area contributed by atoms with Gasteiger partial charge in [0.2, 0.25) is 5.91 Å². The van der Waals surface area contributed by atoms with Crippen LogP contribution in [-0.2, 0) is 23.7 Å². The van der Waals surface area contributed by atoms with E-state index in [-0.39, 0.29) is 24.4 Å². The lowest BCUT2D eigenvalue weighted by Crippen LogP contribution is -2.57. The van der Waals surface area contributed by atoms with E-state index in [0.29, 0.717) is 44.6 Å². The Labute approximate surface area is 243 Å². The van der Waals surface area contributed by atoms with Crippen molar-refractivity contribution in [3.63, 3.8) is 0 Å². The van der Waals surface area contributed by atoms with E-state index in [9.17, 15) is 19.1 Å². The molecule has 4 heterocycles. The summed E-state index contributed by atoms with van der Waals surface area (Å²) < 4.78 is 21.1. The lowest BCUT2D eigenvalue weighted by Gasteiger charge is -2.50. The number of amides is 3. The summed E-state index contributed by atoms with van der Waals surface area (Å²) in [4.78, 5) is 34.6. The number of methoxy groups -OCH3 is 1. The number of ether oxygens (including phenoxy) is 1. The number of piperidine rings is 1. The van der Waals surface area contributed by atoms with Crippen molar-refractivity contribution in [1.29, 1.82) is 0 Å². The minimum atomic E-state index is -0.596. The smallest absolute Gasteiger partial charge is 0.322 e. The van der Waals surface area contributed by atoms with Gasteiger partial charge in [0.1, 0.15) is 11.6 Å². The Morgan fingerprint density at radius 3 is 2.48 bits per heavy atom. The maximum absolute atomic E-state index is 13.8. The number of urea groups is 1. The molecule has 218 valence electrons. The van der Waals surface area contributed by atoms with Crippen LogP contribution in [0.5, 0.6) is 5.75 Å². The number of fused-ring (bicyclic) bond motifs is 4. The number of aryl methyl sites for hydroxylation is 1. The maximum Gasteiger partial charge on any atom is 0.322 e. The quantitative estimate of drug-likeness (QED) is 0.370. The van der Waals surface area contributed by atoms with Gasteiger partial charge < -0.3 is 29.5 Å². The number of aliphatic hydroxyl groups excluding tert-OH is 1. The summed E-state index contributed by atoms with van der Waals surface area (Å²) in [5, 5.41) is 14.6. The van der Waals surface area contributed by atoms with E-state index < -0.39 is 11.5 Å². The summed E-state index contributed by atoms with van der Waals surface area (Å²) in [6.45, 7) is 1.20. The van der Waals surface area contributed by atoms with Crippen LogP contribution in [0.25, 0.3) is 10.9 Å². The molecular formula is C32H34FN5O4. The first kappa shape index (κ1) is 27.7. The molecule has 1 atom stereocenters. The summed E-state index contributed by atoms with van der Waals surface area (Å²) in [7, 11) is 3.58. The second-order valence-electron chi connectivity index (χ2n) is 11.2. The highest BCUT2D eigenvalue weighted by atomic mass is 19.1. The molecule has 1 saturated heterocycles. The van der Waals surface area contributed by atoms with Crippen molar-refractivity contribution in [2.24, 2.45) is 7.05 Å². The molecule has 2 aliphatic heterocycles. The molecule has 10 heteroatoms. The number of hydrogen-bond donors (Lipinski definition) is 2. The van der Waals surface area contributed by atoms with Gasteiger partial charge in [0.25, 0.3) is 0 Å². The van der Waals surface area contributed by atoms with Crippen LogP contribution in [0.2, 0.25) is 0 Å². The second kappa shape index (κ2) is 11.1. The van der Waals surface area contributed by atoms with E-state index in [4.69, 9.17) is 4.74 Å². The van der Waals surface area contributed by atoms with Gasteiger partial charge in [-0.15, -0.1) is 0 Å². The fourth-order valence-corrected chi connectivity index (χ4v) is 6.68. The van der Waals surface area contributed by atoms with E-state index in [2.05, 4.69) is 16.4 Å². The fourth-order valence-electron chi connectivity index (χ4n) is 6.68. The molecule has 0 aliphatic carbocycles. The zero-order valence-corrected chi connectivity index (χ0v) is 23.7. The Morgan fingerprint density at radius 2 is 1.81 bits per heavy atom. The number of anilines is 1. The predicted octanol–water partition coefficient (Wildman–Crippen LogP) is 4.41. The molecule has 2 aromatic carbocycles. The fraction of sp³-hybridized carbons (Fsp3) is 0.344. The molecule has 1 spiro atoms. The Morgan fingerprint density at radius 1 is 1.10 bits per heavy atom. The van der Waals surface area contributed by atoms with Gasteiger partial charge in [0.05, 0.1) is 31.7 Å². The highest BCUT2D eigenvalue weighted by Gasteiger charge is 2.49. The van der Waals surface area contributed by atoms with Gasteiger partial charge >= 0.3 is 6.03 Å². The zero-order valence-electron chi connectivity index (χ0n) is 23.7. The molecule has 9 nitrogen and oxygen atoms in total. The van der Waals surface area contributed by atoms with Gasteiger partial charge in [-0.3, -0.25) is 9.78 Å². The minimum Gasteiger partial charge on any atom is -0.497 e. The van der Waals surface area contributed by atoms with Crippen LogP contribution in [0.4, 0.5) is 14.9 Å². The van der Waals surface area contributed by atoms with Gasteiger partial charge in [0.15, 0.2) is 0 Å². The number of nitrogens with zero attached hydrogens (tertiary/aromatic N) is 4. The van der Waals surface area contributed by atoms with Gasteiger partial charge in [0, 0.05) is 67.3 Å². The Hall–Kier alpha value is -4.44. The summed E-state index contributed by atoms with van der Waals surface area (Å²) in [5.74, 6) is 0.394. The molecule has 2 aromatic heterocycles. The van der Waals surface area contributed by atoms with E-state index in [1.807, 2.05) is 40.8 Å². The number of rotatable bonds is 5. The molecule has 4 aromatic rings. The van der Waals surface area contributed by atoms with Crippen molar-refractivity contribution in [1.82, 2.24) is 19.4 Å². The van der Waals surface area contributed by atoms with Crippen LogP contribution in [0.3, 0.4) is 0 Å². The molecule has 6 rings (SSSR count). The molecule has 1 fully saturated rings. The number of halogens is 1. The second-order valence-corrected chi connectivity index (χ2v) is 11.2. The summed E-state index contributed by atoms with van der Waals surface area (Å²) in [6, 6.07) is 14.3. The van der Waals surface area contributed by atoms with Crippen molar-refractivity contribution in [2.45, 2.75) is 30.7 Å². The standard InChI is InChI=1S/C32H34FN5O4/c1-36-26-18-24(42-2)7-8-25(26)29-30(36)27(19-39)38(31(41)35-23-5-3-22(33)4-6-23)20-32(29)11-15-37(16-12-32)28(40)17-21-9-13-34-14-10-21/h3-10,13-14,18,27,39H,11-12,15-17,19-20H2,1-2H3,(H,35,41)/t27-/m1/s1. The first-order valence-electron chi connectivity index (χ1n) is 14.1. The third kappa shape index (κ3) is 4.85. The number of hydrogen-bond acceptors (Lipinski definition) is 5. The molecule has 42 heavy (non-hydrogen) atoms. The van der Waals surface area contributed by atoms with Crippen LogP contribution in [0.15, 0.2) is 67.0 Å². The number of aliphatic hydroxyl groups is 1. The predicted molar refractivity (Wildman–Crippen MR) is 157 cm³/mol. The number of pyridine rings is 1. The largest absolute Gasteiger partial charge is 0.497 e. The van der Waals surface area contributed by atoms with Gasteiger partial charge in [-0.1, -0.05) is 0 Å². The van der Waals surface area contributed by atoms with Crippen molar-refractivity contribution < 1.29 is 23.8 Å². The van der Waals surface area contributed by atoms with Gasteiger partial charge in [-0.25, -0.2) is 9.18 Å². The van der Waals surface area contributed by atoms with Crippen molar-refractivity contribution in [3.05, 3.63) is 89.6 Å². The SMILES string of the molecule is COc1ccc2c3c(n(C)c2c1)[C@@H](CO)N(C(=O)Nc1ccc(F)cc1)CC31CCN(C(=O)Cc2ccncc2)CC1. The molecule has 2 aliphatic rings. The summed E-state index contributed by atoms with van der Waals surface area (Å²) in [6.07, 6.45) is 5.01. The van der Waals surface area contributed by atoms with E-state index in [1.165, 1.54) is 24.3 Å². The third-order valence-electron chi connectivity index (χ3n) is 8.86. The van der Waals surface area contributed by atoms with Crippen LogP contribution >= 0.6 is 0 Å². The van der Waals surface area contributed by atoms with Crippen LogP contribution in [-0.4, -0.2) is 69.7 Å². The lowest BCUT2D eigenvalue weighted by molar-refractivity contribution is -0.132. The average Bonchev–Trinajstić information content (AvgIpc) is 3.31. The number of nitrogens with one attached hydrogen (secondary N) is 1. The van der Waals surface area contributed by atoms with Crippen molar-refractivity contribution in [3.8, 4) is 5.75 Å². The summed E-state index contributed by atoms with van der Waals surface area (Å²) in [5.41, 5.74) is 3.90. The van der Waals surface area contributed by atoms with E-state index in [1.54, 1.807) is 24.4 Å². The topological polar surface area (TPSA) is 99.9 Å².